The molecule has 3 aromatic rings. The van der Waals surface area contributed by atoms with Crippen LogP contribution in [0.15, 0.2) is 58.4 Å². The standard InChI is InChI=1S/C22H25N3O4S/c1-15-10-11-16(12-20(15)30(28,29)24(4)5)19-13-25(14-21(26)23(2)3)22(27)18-9-7-6-8-17(18)19/h6-13H,14H2,1-5H3. The van der Waals surface area contributed by atoms with Gasteiger partial charge in [0.15, 0.2) is 0 Å². The van der Waals surface area contributed by atoms with Gasteiger partial charge in [-0.1, -0.05) is 30.3 Å². The van der Waals surface area contributed by atoms with Crippen LogP contribution < -0.4 is 5.56 Å². The number of benzene rings is 2. The van der Waals surface area contributed by atoms with Crippen LogP contribution in [-0.4, -0.2) is 56.3 Å². The van der Waals surface area contributed by atoms with Crippen molar-refractivity contribution in [3.63, 3.8) is 0 Å². The molecule has 8 heteroatoms. The predicted molar refractivity (Wildman–Crippen MR) is 118 cm³/mol. The van der Waals surface area contributed by atoms with Crippen molar-refractivity contribution in [2.75, 3.05) is 28.2 Å². The molecule has 3 rings (SSSR count). The number of pyridine rings is 1. The van der Waals surface area contributed by atoms with Crippen molar-refractivity contribution >= 4 is 26.7 Å². The Morgan fingerprint density at radius 3 is 2.23 bits per heavy atom. The third kappa shape index (κ3) is 3.88. The number of hydrogen-bond acceptors (Lipinski definition) is 4. The van der Waals surface area contributed by atoms with E-state index < -0.39 is 10.0 Å². The highest BCUT2D eigenvalue weighted by Gasteiger charge is 2.21. The van der Waals surface area contributed by atoms with Crippen LogP contribution in [-0.2, 0) is 21.4 Å². The lowest BCUT2D eigenvalue weighted by atomic mass is 9.99. The van der Waals surface area contributed by atoms with E-state index in [0.717, 1.165) is 0 Å². The van der Waals surface area contributed by atoms with E-state index in [9.17, 15) is 18.0 Å². The normalized spacial score (nSPS) is 11.8. The Morgan fingerprint density at radius 2 is 1.63 bits per heavy atom. The number of sulfonamides is 1. The summed E-state index contributed by atoms with van der Waals surface area (Å²) in [6, 6.07) is 12.3. The summed E-state index contributed by atoms with van der Waals surface area (Å²) in [5.74, 6) is -0.210. The Kier molecular flexibility index (Phi) is 5.83. The molecule has 1 aromatic heterocycles. The monoisotopic (exact) mass is 427 g/mol. The van der Waals surface area contributed by atoms with Gasteiger partial charge < -0.3 is 9.47 Å². The van der Waals surface area contributed by atoms with Gasteiger partial charge in [-0.25, -0.2) is 12.7 Å². The van der Waals surface area contributed by atoms with E-state index in [-0.39, 0.29) is 22.9 Å². The Morgan fingerprint density at radius 1 is 1.00 bits per heavy atom. The van der Waals surface area contributed by atoms with Crippen molar-refractivity contribution in [3.8, 4) is 11.1 Å². The SMILES string of the molecule is Cc1ccc(-c2cn(CC(=O)N(C)C)c(=O)c3ccccc23)cc1S(=O)(=O)N(C)C. The Balaban J connectivity index is 2.30. The fourth-order valence-electron chi connectivity index (χ4n) is 3.22. The second kappa shape index (κ2) is 8.04. The van der Waals surface area contributed by atoms with Gasteiger partial charge in [0.25, 0.3) is 5.56 Å². The minimum atomic E-state index is -3.64. The van der Waals surface area contributed by atoms with Crippen LogP contribution in [0.1, 0.15) is 5.56 Å². The van der Waals surface area contributed by atoms with Crippen LogP contribution in [0.3, 0.4) is 0 Å². The van der Waals surface area contributed by atoms with E-state index in [1.807, 2.05) is 18.2 Å². The quantitative estimate of drug-likeness (QED) is 0.626. The molecule has 0 aliphatic rings. The molecule has 1 heterocycles. The fourth-order valence-corrected chi connectivity index (χ4v) is 4.36. The molecule has 0 saturated carbocycles. The summed E-state index contributed by atoms with van der Waals surface area (Å²) in [7, 11) is 2.61. The molecule has 0 fully saturated rings. The molecule has 0 aliphatic heterocycles. The Hall–Kier alpha value is -2.97. The molecule has 0 radical (unpaired) electrons. The first-order chi connectivity index (χ1) is 14.0. The van der Waals surface area contributed by atoms with Crippen LogP contribution in [0.5, 0.6) is 0 Å². The molecule has 0 saturated heterocycles. The molecule has 7 nitrogen and oxygen atoms in total. The first-order valence-electron chi connectivity index (χ1n) is 9.40. The lowest BCUT2D eigenvalue weighted by Crippen LogP contribution is -2.31. The summed E-state index contributed by atoms with van der Waals surface area (Å²) in [5.41, 5.74) is 1.71. The second-order valence-electron chi connectivity index (χ2n) is 7.58. The van der Waals surface area contributed by atoms with Gasteiger partial charge in [-0.15, -0.1) is 0 Å². The van der Waals surface area contributed by atoms with Crippen molar-refractivity contribution in [1.29, 1.82) is 0 Å². The zero-order chi connectivity index (χ0) is 22.2. The van der Waals surface area contributed by atoms with Crippen molar-refractivity contribution in [1.82, 2.24) is 13.8 Å². The highest BCUT2D eigenvalue weighted by atomic mass is 32.2. The van der Waals surface area contributed by atoms with Crippen LogP contribution in [0.2, 0.25) is 0 Å². The van der Waals surface area contributed by atoms with Crippen LogP contribution in [0, 0.1) is 6.92 Å². The first kappa shape index (κ1) is 21.7. The summed E-state index contributed by atoms with van der Waals surface area (Å²) in [4.78, 5) is 26.8. The lowest BCUT2D eigenvalue weighted by Gasteiger charge is -2.17. The lowest BCUT2D eigenvalue weighted by molar-refractivity contribution is -0.129. The van der Waals surface area contributed by atoms with E-state index >= 15 is 0 Å². The average molecular weight is 428 g/mol. The average Bonchev–Trinajstić information content (AvgIpc) is 2.70. The zero-order valence-electron chi connectivity index (χ0n) is 17.7. The highest BCUT2D eigenvalue weighted by molar-refractivity contribution is 7.89. The molecule has 0 spiro atoms. The van der Waals surface area contributed by atoms with Gasteiger partial charge >= 0.3 is 0 Å². The molecule has 158 valence electrons. The number of aromatic nitrogens is 1. The number of carbonyl (C=O) groups excluding carboxylic acids is 1. The van der Waals surface area contributed by atoms with Gasteiger partial charge in [0.2, 0.25) is 15.9 Å². The van der Waals surface area contributed by atoms with E-state index in [1.54, 1.807) is 51.5 Å². The maximum Gasteiger partial charge on any atom is 0.258 e. The number of amides is 1. The summed E-state index contributed by atoms with van der Waals surface area (Å²) in [6.45, 7) is 1.65. The Bertz CT molecular complexity index is 1290. The molecule has 0 bridgehead atoms. The van der Waals surface area contributed by atoms with Crippen molar-refractivity contribution < 1.29 is 13.2 Å². The molecule has 0 unspecified atom stereocenters. The summed E-state index contributed by atoms with van der Waals surface area (Å²) in [5, 5.41) is 1.17. The van der Waals surface area contributed by atoms with E-state index in [0.29, 0.717) is 27.5 Å². The van der Waals surface area contributed by atoms with Crippen molar-refractivity contribution in [3.05, 3.63) is 64.6 Å². The number of carbonyl (C=O) groups is 1. The molecule has 0 N–H and O–H groups in total. The Labute approximate surface area is 176 Å². The molecule has 2 aromatic carbocycles. The van der Waals surface area contributed by atoms with Gasteiger partial charge in [-0.3, -0.25) is 9.59 Å². The predicted octanol–water partition coefficient (Wildman–Crippen LogP) is 2.32. The van der Waals surface area contributed by atoms with Crippen LogP contribution in [0.4, 0.5) is 0 Å². The molecule has 1 amide bonds. The minimum absolute atomic E-state index is 0.0988. The molecule has 30 heavy (non-hydrogen) atoms. The summed E-state index contributed by atoms with van der Waals surface area (Å²) < 4.78 is 28.1. The highest BCUT2D eigenvalue weighted by Crippen LogP contribution is 2.30. The summed E-state index contributed by atoms with van der Waals surface area (Å²) >= 11 is 0. The van der Waals surface area contributed by atoms with E-state index in [1.165, 1.54) is 27.9 Å². The number of aryl methyl sites for hydroxylation is 1. The second-order valence-corrected chi connectivity index (χ2v) is 9.70. The zero-order valence-corrected chi connectivity index (χ0v) is 18.5. The topological polar surface area (TPSA) is 79.7 Å². The fraction of sp³-hybridized carbons (Fsp3) is 0.273. The van der Waals surface area contributed by atoms with Gasteiger partial charge in [-0.2, -0.15) is 0 Å². The smallest absolute Gasteiger partial charge is 0.258 e. The van der Waals surface area contributed by atoms with Gasteiger partial charge in [-0.05, 0) is 35.6 Å². The van der Waals surface area contributed by atoms with Crippen LogP contribution in [0.25, 0.3) is 21.9 Å². The maximum atomic E-state index is 12.9. The van der Waals surface area contributed by atoms with E-state index in [4.69, 9.17) is 0 Å². The van der Waals surface area contributed by atoms with Crippen molar-refractivity contribution in [2.24, 2.45) is 0 Å². The molecule has 0 aliphatic carbocycles. The first-order valence-corrected chi connectivity index (χ1v) is 10.8. The minimum Gasteiger partial charge on any atom is -0.347 e. The van der Waals surface area contributed by atoms with Crippen molar-refractivity contribution in [2.45, 2.75) is 18.4 Å². The number of hydrogen-bond donors (Lipinski definition) is 0. The van der Waals surface area contributed by atoms with E-state index in [2.05, 4.69) is 0 Å². The van der Waals surface area contributed by atoms with Gasteiger partial charge in [0, 0.05) is 45.3 Å². The summed E-state index contributed by atoms with van der Waals surface area (Å²) in [6.07, 6.45) is 1.63. The number of rotatable bonds is 5. The molecular formula is C22H25N3O4S. The maximum absolute atomic E-state index is 12.9. The number of nitrogens with zero attached hydrogens (tertiary/aromatic N) is 3. The largest absolute Gasteiger partial charge is 0.347 e. The third-order valence-corrected chi connectivity index (χ3v) is 7.01. The third-order valence-electron chi connectivity index (χ3n) is 5.06. The molecular weight excluding hydrogens is 402 g/mol. The van der Waals surface area contributed by atoms with Gasteiger partial charge in [0.1, 0.15) is 6.54 Å². The number of fused-ring (bicyclic) bond motifs is 1. The molecule has 0 atom stereocenters. The number of likely N-dealkylation sites (N-methyl/N-ethyl adjacent to an activating group) is 1. The van der Waals surface area contributed by atoms with Gasteiger partial charge in [0.05, 0.1) is 4.90 Å². The van der Waals surface area contributed by atoms with Crippen LogP contribution >= 0.6 is 0 Å².